The van der Waals surface area contributed by atoms with Crippen LogP contribution in [0.4, 0.5) is 20.9 Å². The summed E-state index contributed by atoms with van der Waals surface area (Å²) in [6, 6.07) is 14.0. The molecule has 2 aromatic carbocycles. The third-order valence-electron chi connectivity index (χ3n) is 3.49. The maximum Gasteiger partial charge on any atom is 0.237 e. The Hall–Kier alpha value is -2.45. The zero-order chi connectivity index (χ0) is 18.5. The number of aryl methyl sites for hydroxylation is 1. The Kier molecular flexibility index (Phi) is 5.85. The summed E-state index contributed by atoms with van der Waals surface area (Å²) in [5.74, 6) is -0.748. The standard InChI is InChI=1S/C18H17FN4OS2/c1-11-7-9-13(10-8-11)20-17-22-23-18(26-17)25-12(2)16(24)21-15-6-4-3-5-14(15)19/h3-10,12H,1-2H3,(H,20,22)(H,21,24)/t12-/m0/s1. The van der Waals surface area contributed by atoms with Crippen molar-refractivity contribution in [2.45, 2.75) is 23.4 Å². The third-order valence-corrected chi connectivity index (χ3v) is 5.51. The molecule has 0 radical (unpaired) electrons. The van der Waals surface area contributed by atoms with Crippen molar-refractivity contribution in [1.29, 1.82) is 0 Å². The van der Waals surface area contributed by atoms with Crippen LogP contribution in [0.1, 0.15) is 12.5 Å². The van der Waals surface area contributed by atoms with E-state index in [-0.39, 0.29) is 11.6 Å². The van der Waals surface area contributed by atoms with Crippen molar-refractivity contribution in [2.75, 3.05) is 10.6 Å². The van der Waals surface area contributed by atoms with Gasteiger partial charge in [-0.2, -0.15) is 0 Å². The van der Waals surface area contributed by atoms with Crippen molar-refractivity contribution < 1.29 is 9.18 Å². The summed E-state index contributed by atoms with van der Waals surface area (Å²) in [7, 11) is 0. The highest BCUT2D eigenvalue weighted by molar-refractivity contribution is 8.02. The van der Waals surface area contributed by atoms with Crippen LogP contribution in [0.25, 0.3) is 0 Å². The van der Waals surface area contributed by atoms with Gasteiger partial charge in [0.1, 0.15) is 5.82 Å². The van der Waals surface area contributed by atoms with Crippen LogP contribution in [0.3, 0.4) is 0 Å². The van der Waals surface area contributed by atoms with E-state index in [1.165, 1.54) is 40.8 Å². The minimum atomic E-state index is -0.460. The van der Waals surface area contributed by atoms with E-state index in [1.807, 2.05) is 31.2 Å². The number of rotatable bonds is 6. The van der Waals surface area contributed by atoms with Crippen molar-refractivity contribution >= 4 is 45.5 Å². The lowest BCUT2D eigenvalue weighted by Gasteiger charge is -2.10. The molecule has 0 fully saturated rings. The molecule has 0 spiro atoms. The van der Waals surface area contributed by atoms with Gasteiger partial charge in [0.25, 0.3) is 0 Å². The summed E-state index contributed by atoms with van der Waals surface area (Å²) >= 11 is 2.64. The number of anilines is 3. The zero-order valence-electron chi connectivity index (χ0n) is 14.2. The van der Waals surface area contributed by atoms with E-state index < -0.39 is 11.1 Å². The maximum atomic E-state index is 13.6. The summed E-state index contributed by atoms with van der Waals surface area (Å²) < 4.78 is 14.3. The Bertz CT molecular complexity index is 898. The molecule has 5 nitrogen and oxygen atoms in total. The second-order valence-electron chi connectivity index (χ2n) is 5.59. The number of nitrogens with zero attached hydrogens (tertiary/aromatic N) is 2. The van der Waals surface area contributed by atoms with E-state index in [9.17, 15) is 9.18 Å². The van der Waals surface area contributed by atoms with Crippen LogP contribution >= 0.6 is 23.1 Å². The first-order valence-corrected chi connectivity index (χ1v) is 9.60. The van der Waals surface area contributed by atoms with Crippen LogP contribution in [0.5, 0.6) is 0 Å². The van der Waals surface area contributed by atoms with Crippen molar-refractivity contribution in [1.82, 2.24) is 10.2 Å². The topological polar surface area (TPSA) is 66.9 Å². The Labute approximate surface area is 159 Å². The number of halogens is 1. The minimum absolute atomic E-state index is 0.170. The van der Waals surface area contributed by atoms with E-state index >= 15 is 0 Å². The van der Waals surface area contributed by atoms with Gasteiger partial charge in [0.05, 0.1) is 10.9 Å². The van der Waals surface area contributed by atoms with E-state index in [2.05, 4.69) is 20.8 Å². The predicted molar refractivity (Wildman–Crippen MR) is 105 cm³/mol. The number of amides is 1. The monoisotopic (exact) mass is 388 g/mol. The lowest BCUT2D eigenvalue weighted by Crippen LogP contribution is -2.22. The number of nitrogens with one attached hydrogen (secondary N) is 2. The van der Waals surface area contributed by atoms with Gasteiger partial charge in [-0.15, -0.1) is 10.2 Å². The van der Waals surface area contributed by atoms with Gasteiger partial charge in [-0.1, -0.05) is 52.9 Å². The van der Waals surface area contributed by atoms with Crippen LogP contribution in [-0.4, -0.2) is 21.4 Å². The summed E-state index contributed by atoms with van der Waals surface area (Å²) in [5, 5.41) is 14.2. The quantitative estimate of drug-likeness (QED) is 0.591. The Balaban J connectivity index is 1.58. The van der Waals surface area contributed by atoms with Crippen molar-refractivity contribution in [2.24, 2.45) is 0 Å². The fourth-order valence-electron chi connectivity index (χ4n) is 2.07. The van der Waals surface area contributed by atoms with Gasteiger partial charge in [-0.05, 0) is 38.1 Å². The molecule has 3 rings (SSSR count). The lowest BCUT2D eigenvalue weighted by atomic mass is 10.2. The molecule has 1 heterocycles. The number of para-hydroxylation sites is 1. The number of benzene rings is 2. The summed E-state index contributed by atoms with van der Waals surface area (Å²) in [6.45, 7) is 3.77. The van der Waals surface area contributed by atoms with Crippen molar-refractivity contribution in [3.8, 4) is 0 Å². The molecule has 0 aliphatic rings. The molecular formula is C18H17FN4OS2. The Morgan fingerprint density at radius 1 is 1.15 bits per heavy atom. The number of aromatic nitrogens is 2. The molecule has 0 aliphatic carbocycles. The molecule has 8 heteroatoms. The molecule has 1 atom stereocenters. The minimum Gasteiger partial charge on any atom is -0.330 e. The second-order valence-corrected chi connectivity index (χ2v) is 8.16. The van der Waals surface area contributed by atoms with E-state index in [4.69, 9.17) is 0 Å². The van der Waals surface area contributed by atoms with Crippen LogP contribution < -0.4 is 10.6 Å². The SMILES string of the molecule is Cc1ccc(Nc2nnc(S[C@@H](C)C(=O)Nc3ccccc3F)s2)cc1. The van der Waals surface area contributed by atoms with Gasteiger partial charge in [0, 0.05) is 5.69 Å². The normalized spacial score (nSPS) is 11.8. The summed E-state index contributed by atoms with van der Waals surface area (Å²) in [4.78, 5) is 12.2. The van der Waals surface area contributed by atoms with Gasteiger partial charge in [-0.3, -0.25) is 4.79 Å². The van der Waals surface area contributed by atoms with Gasteiger partial charge in [-0.25, -0.2) is 4.39 Å². The molecule has 2 N–H and O–H groups in total. The average Bonchev–Trinajstić information content (AvgIpc) is 3.06. The number of carbonyl (C=O) groups excluding carboxylic acids is 1. The zero-order valence-corrected chi connectivity index (χ0v) is 15.8. The first-order chi connectivity index (χ1) is 12.5. The molecule has 134 valence electrons. The molecule has 1 aromatic heterocycles. The third kappa shape index (κ3) is 4.80. The molecule has 0 saturated heterocycles. The maximum absolute atomic E-state index is 13.6. The van der Waals surface area contributed by atoms with E-state index in [0.29, 0.717) is 9.47 Å². The van der Waals surface area contributed by atoms with Crippen LogP contribution in [0, 0.1) is 12.7 Å². The molecule has 0 bridgehead atoms. The van der Waals surface area contributed by atoms with Gasteiger partial charge < -0.3 is 10.6 Å². The van der Waals surface area contributed by atoms with Gasteiger partial charge in [0.15, 0.2) is 4.34 Å². The Morgan fingerprint density at radius 2 is 1.88 bits per heavy atom. The van der Waals surface area contributed by atoms with Crippen molar-refractivity contribution in [3.63, 3.8) is 0 Å². The molecule has 0 aliphatic heterocycles. The predicted octanol–water partition coefficient (Wildman–Crippen LogP) is 4.85. The highest BCUT2D eigenvalue weighted by atomic mass is 32.2. The van der Waals surface area contributed by atoms with Crippen LogP contribution in [0.15, 0.2) is 52.9 Å². The molecule has 1 amide bonds. The number of carbonyl (C=O) groups is 1. The molecule has 0 unspecified atom stereocenters. The highest BCUT2D eigenvalue weighted by Gasteiger charge is 2.18. The number of thioether (sulfide) groups is 1. The fourth-order valence-corrected chi connectivity index (χ4v) is 3.99. The average molecular weight is 388 g/mol. The van der Waals surface area contributed by atoms with E-state index in [0.717, 1.165) is 5.69 Å². The number of hydrogen-bond donors (Lipinski definition) is 2. The largest absolute Gasteiger partial charge is 0.330 e. The summed E-state index contributed by atoms with van der Waals surface area (Å²) in [6.07, 6.45) is 0. The van der Waals surface area contributed by atoms with Gasteiger partial charge >= 0.3 is 0 Å². The van der Waals surface area contributed by atoms with E-state index in [1.54, 1.807) is 19.1 Å². The molecule has 3 aromatic rings. The lowest BCUT2D eigenvalue weighted by molar-refractivity contribution is -0.115. The summed E-state index contributed by atoms with van der Waals surface area (Å²) in [5.41, 5.74) is 2.27. The second kappa shape index (κ2) is 8.29. The highest BCUT2D eigenvalue weighted by Crippen LogP contribution is 2.31. The number of hydrogen-bond acceptors (Lipinski definition) is 6. The molecule has 0 saturated carbocycles. The van der Waals surface area contributed by atoms with Crippen LogP contribution in [0.2, 0.25) is 0 Å². The molecular weight excluding hydrogens is 371 g/mol. The fraction of sp³-hybridized carbons (Fsp3) is 0.167. The first-order valence-electron chi connectivity index (χ1n) is 7.90. The molecule has 26 heavy (non-hydrogen) atoms. The smallest absolute Gasteiger partial charge is 0.237 e. The first kappa shape index (κ1) is 18.3. The van der Waals surface area contributed by atoms with Gasteiger partial charge in [0.2, 0.25) is 11.0 Å². The van der Waals surface area contributed by atoms with Crippen molar-refractivity contribution in [3.05, 3.63) is 59.9 Å². The Morgan fingerprint density at radius 3 is 2.62 bits per heavy atom. The van der Waals surface area contributed by atoms with Crippen LogP contribution in [-0.2, 0) is 4.79 Å².